The third-order valence-corrected chi connectivity index (χ3v) is 8.35. The van der Waals surface area contributed by atoms with E-state index >= 15 is 0 Å². The highest BCUT2D eigenvalue weighted by atomic mass is 35.5. The van der Waals surface area contributed by atoms with Crippen molar-refractivity contribution in [1.29, 1.82) is 0 Å². The van der Waals surface area contributed by atoms with Crippen LogP contribution in [0.4, 0.5) is 23.2 Å². The van der Waals surface area contributed by atoms with Gasteiger partial charge < -0.3 is 10.2 Å². The molecule has 1 saturated carbocycles. The van der Waals surface area contributed by atoms with E-state index in [-0.39, 0.29) is 30.0 Å². The van der Waals surface area contributed by atoms with E-state index in [0.717, 1.165) is 23.5 Å². The number of nitrogens with zero attached hydrogens (tertiary/aromatic N) is 2. The van der Waals surface area contributed by atoms with E-state index in [1.807, 2.05) is 0 Å². The Bertz CT molecular complexity index is 1010. The maximum Gasteiger partial charge on any atom is 0.391 e. The van der Waals surface area contributed by atoms with Crippen LogP contribution in [-0.4, -0.2) is 50.7 Å². The third kappa shape index (κ3) is 5.68. The molecule has 0 aliphatic heterocycles. The Balaban J connectivity index is 1.82. The summed E-state index contributed by atoms with van der Waals surface area (Å²) in [4.78, 5) is 5.07. The van der Waals surface area contributed by atoms with Crippen LogP contribution in [0, 0.1) is 11.7 Å². The van der Waals surface area contributed by atoms with Gasteiger partial charge in [-0.05, 0) is 45.5 Å². The van der Waals surface area contributed by atoms with Crippen molar-refractivity contribution in [1.82, 2.24) is 9.88 Å². The van der Waals surface area contributed by atoms with Gasteiger partial charge in [-0.15, -0.1) is 11.3 Å². The van der Waals surface area contributed by atoms with Crippen LogP contribution in [0.25, 0.3) is 0 Å². The maximum absolute atomic E-state index is 14.7. The zero-order valence-corrected chi connectivity index (χ0v) is 19.2. The van der Waals surface area contributed by atoms with Gasteiger partial charge in [-0.2, -0.15) is 13.2 Å². The number of nitrogens with one attached hydrogen (secondary N) is 1. The van der Waals surface area contributed by atoms with Gasteiger partial charge in [0.15, 0.2) is 9.84 Å². The molecule has 0 saturated heterocycles. The van der Waals surface area contributed by atoms with Crippen LogP contribution in [0.1, 0.15) is 24.3 Å². The van der Waals surface area contributed by atoms with Gasteiger partial charge in [0.25, 0.3) is 0 Å². The van der Waals surface area contributed by atoms with Crippen molar-refractivity contribution in [3.63, 3.8) is 0 Å². The molecule has 1 aromatic carbocycles. The number of hydrogen-bond acceptors (Lipinski definition) is 6. The number of alkyl halides is 3. The van der Waals surface area contributed by atoms with Gasteiger partial charge in [-0.1, -0.05) is 11.6 Å². The number of hydrogen-bond donors (Lipinski definition) is 1. The van der Waals surface area contributed by atoms with Crippen LogP contribution in [0.3, 0.4) is 0 Å². The first-order valence-electron chi connectivity index (χ1n) is 9.48. The van der Waals surface area contributed by atoms with Crippen molar-refractivity contribution in [2.45, 2.75) is 48.2 Å². The molecule has 1 fully saturated rings. The van der Waals surface area contributed by atoms with Gasteiger partial charge in [0.1, 0.15) is 21.5 Å². The smallest absolute Gasteiger partial charge is 0.379 e. The van der Waals surface area contributed by atoms with Gasteiger partial charge in [0, 0.05) is 23.7 Å². The van der Waals surface area contributed by atoms with Crippen molar-refractivity contribution >= 4 is 38.5 Å². The predicted molar refractivity (Wildman–Crippen MR) is 113 cm³/mol. The van der Waals surface area contributed by atoms with Crippen LogP contribution in [0.5, 0.6) is 0 Å². The second-order valence-electron chi connectivity index (χ2n) is 7.78. The largest absolute Gasteiger partial charge is 0.391 e. The van der Waals surface area contributed by atoms with E-state index in [4.69, 9.17) is 11.6 Å². The van der Waals surface area contributed by atoms with E-state index in [0.29, 0.717) is 5.01 Å². The average molecular weight is 500 g/mol. The summed E-state index contributed by atoms with van der Waals surface area (Å²) in [5.74, 6) is -2.83. The normalized spacial score (nSPS) is 22.6. The lowest BCUT2D eigenvalue weighted by Gasteiger charge is -2.41. The number of rotatable bonds is 6. The lowest BCUT2D eigenvalue weighted by molar-refractivity contribution is -0.186. The number of halogens is 5. The Morgan fingerprint density at radius 2 is 2.00 bits per heavy atom. The third-order valence-electron chi connectivity index (χ3n) is 5.44. The molecule has 1 aliphatic carbocycles. The fourth-order valence-electron chi connectivity index (χ4n) is 3.82. The van der Waals surface area contributed by atoms with Gasteiger partial charge >= 0.3 is 6.18 Å². The molecule has 1 aliphatic rings. The zero-order valence-electron chi connectivity index (χ0n) is 16.8. The molecular formula is C19H22ClF4N3O2S2. The number of anilines is 1. The summed E-state index contributed by atoms with van der Waals surface area (Å²) in [6.07, 6.45) is -2.73. The Morgan fingerprint density at radius 1 is 1.29 bits per heavy atom. The van der Waals surface area contributed by atoms with Crippen molar-refractivity contribution in [3.8, 4) is 0 Å². The lowest BCUT2D eigenvalue weighted by Crippen LogP contribution is -2.49. The zero-order chi connectivity index (χ0) is 23.0. The van der Waals surface area contributed by atoms with Crippen molar-refractivity contribution < 1.29 is 26.0 Å². The van der Waals surface area contributed by atoms with Crippen LogP contribution in [0.2, 0.25) is 5.02 Å². The fraction of sp³-hybridized carbons (Fsp3) is 0.526. The molecule has 31 heavy (non-hydrogen) atoms. The number of thiazole rings is 1. The van der Waals surface area contributed by atoms with Gasteiger partial charge in [0.05, 0.1) is 16.6 Å². The van der Waals surface area contributed by atoms with E-state index < -0.39 is 50.5 Å². The first-order chi connectivity index (χ1) is 14.4. The van der Waals surface area contributed by atoms with Crippen LogP contribution >= 0.6 is 22.9 Å². The summed E-state index contributed by atoms with van der Waals surface area (Å²) >= 11 is 7.38. The number of aromatic nitrogens is 1. The Kier molecular flexibility index (Phi) is 7.19. The molecule has 1 heterocycles. The molecule has 0 bridgehead atoms. The molecule has 1 aromatic heterocycles. The van der Waals surface area contributed by atoms with Gasteiger partial charge in [-0.25, -0.2) is 17.8 Å². The highest BCUT2D eigenvalue weighted by Crippen LogP contribution is 2.40. The summed E-state index contributed by atoms with van der Waals surface area (Å²) in [7, 11) is -0.629. The van der Waals surface area contributed by atoms with Crippen LogP contribution < -0.4 is 5.32 Å². The molecule has 2 aromatic rings. The molecule has 3 atom stereocenters. The minimum absolute atomic E-state index is 0.0189. The summed E-state index contributed by atoms with van der Waals surface area (Å²) in [5, 5.41) is 4.96. The Labute approximate surface area is 187 Å². The SMILES string of the molecule is CN(C)[C@@H]1C[C@H](C(F)(F)F)CC[C@H]1Nc1cc(F)c(S(=O)(=O)Cc2nccs2)cc1Cl. The van der Waals surface area contributed by atoms with Crippen molar-refractivity contribution in [2.24, 2.45) is 5.92 Å². The number of likely N-dealkylation sites (N-methyl/N-ethyl adjacent to an activating group) is 1. The molecule has 12 heteroatoms. The van der Waals surface area contributed by atoms with Crippen molar-refractivity contribution in [3.05, 3.63) is 39.6 Å². The lowest BCUT2D eigenvalue weighted by atomic mass is 9.81. The second kappa shape index (κ2) is 9.21. The Morgan fingerprint density at radius 3 is 2.58 bits per heavy atom. The number of sulfone groups is 1. The van der Waals surface area contributed by atoms with E-state index in [9.17, 15) is 26.0 Å². The monoisotopic (exact) mass is 499 g/mol. The molecule has 172 valence electrons. The van der Waals surface area contributed by atoms with Crippen molar-refractivity contribution in [2.75, 3.05) is 19.4 Å². The fourth-order valence-corrected chi connectivity index (χ4v) is 6.45. The molecule has 5 nitrogen and oxygen atoms in total. The highest BCUT2D eigenvalue weighted by Gasteiger charge is 2.45. The van der Waals surface area contributed by atoms with Gasteiger partial charge in [0.2, 0.25) is 0 Å². The minimum Gasteiger partial charge on any atom is -0.379 e. The molecule has 3 rings (SSSR count). The van der Waals surface area contributed by atoms with E-state index in [1.165, 1.54) is 6.20 Å². The molecular weight excluding hydrogens is 478 g/mol. The topological polar surface area (TPSA) is 62.3 Å². The maximum atomic E-state index is 14.7. The first-order valence-corrected chi connectivity index (χ1v) is 12.4. The second-order valence-corrected chi connectivity index (χ2v) is 11.1. The number of benzene rings is 1. The molecule has 1 N–H and O–H groups in total. The molecule has 0 radical (unpaired) electrons. The quantitative estimate of drug-likeness (QED) is 0.568. The van der Waals surface area contributed by atoms with Crippen LogP contribution in [0.15, 0.2) is 28.6 Å². The average Bonchev–Trinajstić information content (AvgIpc) is 3.15. The molecule has 0 amide bonds. The van der Waals surface area contributed by atoms with E-state index in [2.05, 4.69) is 10.3 Å². The predicted octanol–water partition coefficient (Wildman–Crippen LogP) is 4.98. The highest BCUT2D eigenvalue weighted by molar-refractivity contribution is 7.90. The summed E-state index contributed by atoms with van der Waals surface area (Å²) in [6.45, 7) is 0. The standard InChI is InChI=1S/C19H22ClF4N3O2S2/c1-27(2)16-7-11(19(22,23)24)3-4-14(16)26-15-9-13(21)17(8-12(15)20)31(28,29)10-18-25-5-6-30-18/h5-6,8-9,11,14,16,26H,3-4,7,10H2,1-2H3/t11-,14-,16-/m1/s1. The molecule has 0 unspecified atom stereocenters. The summed E-state index contributed by atoms with van der Waals surface area (Å²) in [5.41, 5.74) is 0.148. The van der Waals surface area contributed by atoms with Crippen LogP contribution in [-0.2, 0) is 15.6 Å². The summed E-state index contributed by atoms with van der Waals surface area (Å²) in [6, 6.07) is 1.17. The Hall–Kier alpha value is -1.43. The first kappa shape index (κ1) is 24.2. The summed E-state index contributed by atoms with van der Waals surface area (Å²) < 4.78 is 79.4. The molecule has 0 spiro atoms. The van der Waals surface area contributed by atoms with Gasteiger partial charge in [-0.3, -0.25) is 0 Å². The minimum atomic E-state index is -4.27. The van der Waals surface area contributed by atoms with E-state index in [1.54, 1.807) is 24.4 Å².